The van der Waals surface area contributed by atoms with Gasteiger partial charge in [0.1, 0.15) is 0 Å². The number of rotatable bonds is 5. The Morgan fingerprint density at radius 1 is 1.39 bits per heavy atom. The zero-order valence-corrected chi connectivity index (χ0v) is 10.8. The third kappa shape index (κ3) is 2.68. The highest BCUT2D eigenvalue weighted by Crippen LogP contribution is 2.30. The molecule has 3 rings (SSSR count). The number of hydrogen-bond acceptors (Lipinski definition) is 2. The molecule has 94 valence electrons. The van der Waals surface area contributed by atoms with Crippen LogP contribution in [0.2, 0.25) is 0 Å². The molecule has 1 heterocycles. The minimum absolute atomic E-state index is 0.770. The van der Waals surface area contributed by atoms with Crippen molar-refractivity contribution < 1.29 is 0 Å². The minimum Gasteiger partial charge on any atom is -0.384 e. The molecule has 18 heavy (non-hydrogen) atoms. The van der Waals surface area contributed by atoms with Crippen LogP contribution in [0.3, 0.4) is 0 Å². The van der Waals surface area contributed by atoms with Crippen molar-refractivity contribution in [1.82, 2.24) is 4.90 Å². The fraction of sp³-hybridized carbons (Fsp3) is 0.500. The predicted octanol–water partition coefficient (Wildman–Crippen LogP) is 2.50. The van der Waals surface area contributed by atoms with E-state index in [-0.39, 0.29) is 0 Å². The number of benzene rings is 1. The van der Waals surface area contributed by atoms with Crippen LogP contribution in [0.25, 0.3) is 0 Å². The van der Waals surface area contributed by atoms with Gasteiger partial charge in [0.25, 0.3) is 0 Å². The smallest absolute Gasteiger partial charge is 0.0601 e. The van der Waals surface area contributed by atoms with Gasteiger partial charge in [0.05, 0.1) is 6.54 Å². The zero-order valence-electron chi connectivity index (χ0n) is 10.8. The molecule has 1 N–H and O–H groups in total. The average Bonchev–Trinajstić information content (AvgIpc) is 3.05. The van der Waals surface area contributed by atoms with Gasteiger partial charge in [-0.25, -0.2) is 0 Å². The summed E-state index contributed by atoms with van der Waals surface area (Å²) in [4.78, 5) is 2.40. The summed E-state index contributed by atoms with van der Waals surface area (Å²) in [5, 5.41) is 3.40. The Kier molecular flexibility index (Phi) is 3.25. The lowest BCUT2D eigenvalue weighted by Gasteiger charge is -2.20. The van der Waals surface area contributed by atoms with Crippen molar-refractivity contribution >= 4 is 5.69 Å². The summed E-state index contributed by atoms with van der Waals surface area (Å²) >= 11 is 0. The molecule has 2 aliphatic rings. The number of nitrogens with zero attached hydrogens (tertiary/aromatic N) is 1. The molecule has 1 aliphatic heterocycles. The number of hydrogen-bond donors (Lipinski definition) is 1. The Morgan fingerprint density at radius 3 is 3.06 bits per heavy atom. The van der Waals surface area contributed by atoms with E-state index < -0.39 is 0 Å². The largest absolute Gasteiger partial charge is 0.384 e. The summed E-state index contributed by atoms with van der Waals surface area (Å²) in [6.45, 7) is 4.01. The molecule has 0 saturated heterocycles. The van der Waals surface area contributed by atoms with Crippen LogP contribution >= 0.6 is 0 Å². The first-order chi connectivity index (χ1) is 8.85. The van der Waals surface area contributed by atoms with Gasteiger partial charge in [-0.3, -0.25) is 4.90 Å². The van der Waals surface area contributed by atoms with E-state index in [4.69, 9.17) is 6.42 Å². The van der Waals surface area contributed by atoms with Crippen LogP contribution in [-0.2, 0) is 13.0 Å². The summed E-state index contributed by atoms with van der Waals surface area (Å²) in [7, 11) is 0. The van der Waals surface area contributed by atoms with Gasteiger partial charge in [-0.05, 0) is 42.4 Å². The van der Waals surface area contributed by atoms with Crippen molar-refractivity contribution in [2.45, 2.75) is 25.8 Å². The zero-order chi connectivity index (χ0) is 12.4. The minimum atomic E-state index is 0.770. The molecule has 2 nitrogen and oxygen atoms in total. The van der Waals surface area contributed by atoms with E-state index in [2.05, 4.69) is 34.3 Å². The van der Waals surface area contributed by atoms with E-state index in [1.165, 1.54) is 36.2 Å². The SMILES string of the molecule is C#CCN(Cc1ccc2c(c1)CCN2)CC1CC1. The maximum Gasteiger partial charge on any atom is 0.0601 e. The van der Waals surface area contributed by atoms with Crippen LogP contribution in [0.1, 0.15) is 24.0 Å². The summed E-state index contributed by atoms with van der Waals surface area (Å²) < 4.78 is 0. The topological polar surface area (TPSA) is 15.3 Å². The molecule has 1 fully saturated rings. The van der Waals surface area contributed by atoms with E-state index in [0.717, 1.165) is 32.0 Å². The normalized spacial score (nSPS) is 17.3. The van der Waals surface area contributed by atoms with Gasteiger partial charge in [0, 0.05) is 25.3 Å². The molecule has 0 spiro atoms. The first-order valence-corrected chi connectivity index (χ1v) is 6.86. The van der Waals surface area contributed by atoms with Crippen LogP contribution in [0.15, 0.2) is 18.2 Å². The van der Waals surface area contributed by atoms with E-state index in [9.17, 15) is 0 Å². The number of anilines is 1. The molecular formula is C16H20N2. The molecule has 0 amide bonds. The summed E-state index contributed by atoms with van der Waals surface area (Å²) in [6, 6.07) is 6.78. The van der Waals surface area contributed by atoms with Crippen molar-refractivity contribution in [3.63, 3.8) is 0 Å². The average molecular weight is 240 g/mol. The Labute approximate surface area is 109 Å². The quantitative estimate of drug-likeness (QED) is 0.796. The van der Waals surface area contributed by atoms with Crippen LogP contribution in [0.4, 0.5) is 5.69 Å². The van der Waals surface area contributed by atoms with Gasteiger partial charge >= 0.3 is 0 Å². The number of terminal acetylenes is 1. The van der Waals surface area contributed by atoms with Crippen molar-refractivity contribution in [3.8, 4) is 12.3 Å². The highest BCUT2D eigenvalue weighted by molar-refractivity contribution is 5.56. The van der Waals surface area contributed by atoms with Crippen LogP contribution in [-0.4, -0.2) is 24.5 Å². The third-order valence-electron chi connectivity index (χ3n) is 3.81. The fourth-order valence-electron chi connectivity index (χ4n) is 2.69. The van der Waals surface area contributed by atoms with Gasteiger partial charge in [0.15, 0.2) is 0 Å². The second-order valence-electron chi connectivity index (χ2n) is 5.49. The maximum absolute atomic E-state index is 5.47. The highest BCUT2D eigenvalue weighted by Gasteiger charge is 2.24. The molecule has 2 heteroatoms. The fourth-order valence-corrected chi connectivity index (χ4v) is 2.69. The lowest BCUT2D eigenvalue weighted by Crippen LogP contribution is -2.26. The van der Waals surface area contributed by atoms with Gasteiger partial charge in [-0.1, -0.05) is 18.1 Å². The molecule has 1 aromatic rings. The Morgan fingerprint density at radius 2 is 2.28 bits per heavy atom. The molecule has 0 unspecified atom stereocenters. The predicted molar refractivity (Wildman–Crippen MR) is 75.5 cm³/mol. The molecule has 0 bridgehead atoms. The van der Waals surface area contributed by atoms with Gasteiger partial charge in [-0.15, -0.1) is 6.42 Å². The van der Waals surface area contributed by atoms with Crippen LogP contribution in [0.5, 0.6) is 0 Å². The van der Waals surface area contributed by atoms with Crippen LogP contribution < -0.4 is 5.32 Å². The molecule has 1 aromatic carbocycles. The first-order valence-electron chi connectivity index (χ1n) is 6.86. The molecule has 1 aliphatic carbocycles. The second kappa shape index (κ2) is 5.04. The molecule has 0 aromatic heterocycles. The monoisotopic (exact) mass is 240 g/mol. The van der Waals surface area contributed by atoms with Crippen molar-refractivity contribution in [3.05, 3.63) is 29.3 Å². The van der Waals surface area contributed by atoms with Gasteiger partial charge < -0.3 is 5.32 Å². The van der Waals surface area contributed by atoms with E-state index in [1.54, 1.807) is 0 Å². The first kappa shape index (κ1) is 11.6. The number of nitrogens with one attached hydrogen (secondary N) is 1. The maximum atomic E-state index is 5.47. The summed E-state index contributed by atoms with van der Waals surface area (Å²) in [6.07, 6.45) is 9.39. The highest BCUT2D eigenvalue weighted by atomic mass is 15.1. The van der Waals surface area contributed by atoms with E-state index >= 15 is 0 Å². The lowest BCUT2D eigenvalue weighted by atomic mass is 10.1. The van der Waals surface area contributed by atoms with Crippen LogP contribution in [0, 0.1) is 18.3 Å². The van der Waals surface area contributed by atoms with Gasteiger partial charge in [-0.2, -0.15) is 0 Å². The Bertz CT molecular complexity index is 468. The third-order valence-corrected chi connectivity index (χ3v) is 3.81. The summed E-state index contributed by atoms with van der Waals surface area (Å²) in [5.41, 5.74) is 4.16. The molecule has 1 saturated carbocycles. The molecule has 0 radical (unpaired) electrons. The molecular weight excluding hydrogens is 220 g/mol. The van der Waals surface area contributed by atoms with E-state index in [0.29, 0.717) is 0 Å². The number of fused-ring (bicyclic) bond motifs is 1. The standard InChI is InChI=1S/C16H20N2/c1-2-9-18(11-13-3-4-13)12-14-5-6-16-15(10-14)7-8-17-16/h1,5-6,10,13,17H,3-4,7-9,11-12H2. The molecule has 0 atom stereocenters. The summed E-state index contributed by atoms with van der Waals surface area (Å²) in [5.74, 6) is 3.68. The van der Waals surface area contributed by atoms with Crippen molar-refractivity contribution in [2.24, 2.45) is 5.92 Å². The Balaban J connectivity index is 1.67. The second-order valence-corrected chi connectivity index (χ2v) is 5.49. The van der Waals surface area contributed by atoms with E-state index in [1.807, 2.05) is 0 Å². The van der Waals surface area contributed by atoms with Crippen molar-refractivity contribution in [2.75, 3.05) is 25.0 Å². The van der Waals surface area contributed by atoms with Crippen molar-refractivity contribution in [1.29, 1.82) is 0 Å². The lowest BCUT2D eigenvalue weighted by molar-refractivity contribution is 0.286. The van der Waals surface area contributed by atoms with Gasteiger partial charge in [0.2, 0.25) is 0 Å². The Hall–Kier alpha value is -1.46.